The van der Waals surface area contributed by atoms with E-state index < -0.39 is 0 Å². The van der Waals surface area contributed by atoms with Crippen LogP contribution in [-0.4, -0.2) is 22.6 Å². The van der Waals surface area contributed by atoms with Crippen LogP contribution >= 0.6 is 11.6 Å². The lowest BCUT2D eigenvalue weighted by molar-refractivity contribution is 0.557. The monoisotopic (exact) mass is 304 g/mol. The molecule has 0 bridgehead atoms. The number of fused-ring (bicyclic) bond motifs is 1. The van der Waals surface area contributed by atoms with Crippen LogP contribution in [0.2, 0.25) is 5.02 Å². The van der Waals surface area contributed by atoms with Crippen LogP contribution in [0.1, 0.15) is 24.7 Å². The second kappa shape index (κ2) is 6.50. The van der Waals surface area contributed by atoms with Gasteiger partial charge in [0.1, 0.15) is 5.82 Å². The minimum absolute atomic E-state index is 0.813. The highest BCUT2D eigenvalue weighted by Gasteiger charge is 2.20. The minimum atomic E-state index is 0.813. The molecule has 4 nitrogen and oxygen atoms in total. The van der Waals surface area contributed by atoms with Gasteiger partial charge in [-0.15, -0.1) is 0 Å². The SMILES string of the molecule is CCCNCc1c(Cl)cccc1N1CCn2ccnc2C1. The van der Waals surface area contributed by atoms with Crippen molar-refractivity contribution in [1.29, 1.82) is 0 Å². The van der Waals surface area contributed by atoms with E-state index in [9.17, 15) is 0 Å². The molecule has 0 atom stereocenters. The highest BCUT2D eigenvalue weighted by atomic mass is 35.5. The lowest BCUT2D eigenvalue weighted by Gasteiger charge is -2.31. The van der Waals surface area contributed by atoms with Crippen molar-refractivity contribution < 1.29 is 0 Å². The van der Waals surface area contributed by atoms with Crippen LogP contribution in [0, 0.1) is 0 Å². The topological polar surface area (TPSA) is 33.1 Å². The van der Waals surface area contributed by atoms with Crippen LogP contribution in [0.5, 0.6) is 0 Å². The number of nitrogens with zero attached hydrogens (tertiary/aromatic N) is 3. The molecule has 3 rings (SSSR count). The summed E-state index contributed by atoms with van der Waals surface area (Å²) in [5.74, 6) is 1.12. The van der Waals surface area contributed by atoms with E-state index in [-0.39, 0.29) is 0 Å². The van der Waals surface area contributed by atoms with Crippen molar-refractivity contribution in [3.63, 3.8) is 0 Å². The number of aromatic nitrogens is 2. The van der Waals surface area contributed by atoms with Crippen molar-refractivity contribution in [2.45, 2.75) is 33.0 Å². The van der Waals surface area contributed by atoms with Crippen molar-refractivity contribution in [2.24, 2.45) is 0 Å². The fraction of sp³-hybridized carbons (Fsp3) is 0.438. The standard InChI is InChI=1S/C16H21ClN4/c1-2-6-18-11-13-14(17)4-3-5-15(13)21-10-9-20-8-7-19-16(20)12-21/h3-5,7-8,18H,2,6,9-12H2,1H3. The van der Waals surface area contributed by atoms with Crippen LogP contribution in [0.15, 0.2) is 30.6 Å². The van der Waals surface area contributed by atoms with Gasteiger partial charge in [0, 0.05) is 48.3 Å². The number of halogens is 1. The van der Waals surface area contributed by atoms with Crippen molar-refractivity contribution in [3.8, 4) is 0 Å². The third-order valence-corrected chi connectivity index (χ3v) is 4.26. The first-order chi connectivity index (χ1) is 10.3. The Morgan fingerprint density at radius 1 is 1.33 bits per heavy atom. The Hall–Kier alpha value is -1.52. The van der Waals surface area contributed by atoms with Gasteiger partial charge in [0.15, 0.2) is 0 Å². The van der Waals surface area contributed by atoms with Crippen LogP contribution in [0.25, 0.3) is 0 Å². The molecule has 1 aromatic heterocycles. The number of hydrogen-bond donors (Lipinski definition) is 1. The van der Waals surface area contributed by atoms with Gasteiger partial charge in [0.2, 0.25) is 0 Å². The summed E-state index contributed by atoms with van der Waals surface area (Å²) in [5, 5.41) is 4.29. The second-order valence-electron chi connectivity index (χ2n) is 5.37. The average molecular weight is 305 g/mol. The Labute approximate surface area is 130 Å². The molecule has 1 aliphatic heterocycles. The maximum atomic E-state index is 6.42. The number of imidazole rings is 1. The molecular weight excluding hydrogens is 284 g/mol. The van der Waals surface area contributed by atoms with Crippen LogP contribution in [0.4, 0.5) is 5.69 Å². The number of anilines is 1. The first-order valence-corrected chi connectivity index (χ1v) is 7.90. The smallest absolute Gasteiger partial charge is 0.128 e. The molecule has 0 amide bonds. The van der Waals surface area contributed by atoms with Gasteiger partial charge in [-0.1, -0.05) is 24.6 Å². The average Bonchev–Trinajstić information content (AvgIpc) is 2.96. The maximum absolute atomic E-state index is 6.42. The van der Waals surface area contributed by atoms with Crippen LogP contribution < -0.4 is 10.2 Å². The molecular formula is C16H21ClN4. The van der Waals surface area contributed by atoms with Crippen molar-refractivity contribution in [1.82, 2.24) is 14.9 Å². The minimum Gasteiger partial charge on any atom is -0.362 e. The summed E-state index contributed by atoms with van der Waals surface area (Å²) in [7, 11) is 0. The predicted molar refractivity (Wildman–Crippen MR) is 86.7 cm³/mol. The van der Waals surface area contributed by atoms with E-state index >= 15 is 0 Å². The van der Waals surface area contributed by atoms with E-state index in [4.69, 9.17) is 11.6 Å². The van der Waals surface area contributed by atoms with E-state index in [0.29, 0.717) is 0 Å². The van der Waals surface area contributed by atoms with E-state index in [0.717, 1.165) is 50.0 Å². The molecule has 0 radical (unpaired) electrons. The molecule has 112 valence electrons. The fourth-order valence-electron chi connectivity index (χ4n) is 2.79. The molecule has 0 saturated heterocycles. The van der Waals surface area contributed by atoms with Gasteiger partial charge >= 0.3 is 0 Å². The molecule has 2 heterocycles. The molecule has 1 aromatic carbocycles. The normalized spacial score (nSPS) is 14.3. The van der Waals surface area contributed by atoms with Gasteiger partial charge in [-0.3, -0.25) is 0 Å². The molecule has 2 aromatic rings. The lowest BCUT2D eigenvalue weighted by Crippen LogP contribution is -2.34. The summed E-state index contributed by atoms with van der Waals surface area (Å²) < 4.78 is 2.22. The van der Waals surface area contributed by atoms with Gasteiger partial charge < -0.3 is 14.8 Å². The largest absolute Gasteiger partial charge is 0.362 e. The summed E-state index contributed by atoms with van der Waals surface area (Å²) in [4.78, 5) is 6.80. The fourth-order valence-corrected chi connectivity index (χ4v) is 3.02. The lowest BCUT2D eigenvalue weighted by atomic mass is 10.1. The number of nitrogens with one attached hydrogen (secondary N) is 1. The summed E-state index contributed by atoms with van der Waals surface area (Å²) in [6.45, 7) is 6.80. The molecule has 0 saturated carbocycles. The molecule has 0 aliphatic carbocycles. The van der Waals surface area contributed by atoms with Gasteiger partial charge in [-0.25, -0.2) is 4.98 Å². The maximum Gasteiger partial charge on any atom is 0.128 e. The zero-order chi connectivity index (χ0) is 14.7. The summed E-state index contributed by atoms with van der Waals surface area (Å²) in [6.07, 6.45) is 5.05. The zero-order valence-electron chi connectivity index (χ0n) is 12.3. The van der Waals surface area contributed by atoms with E-state index in [2.05, 4.69) is 32.8 Å². The Bertz CT molecular complexity index is 608. The molecule has 1 N–H and O–H groups in total. The molecule has 0 spiro atoms. The third kappa shape index (κ3) is 3.06. The van der Waals surface area contributed by atoms with Gasteiger partial charge in [-0.2, -0.15) is 0 Å². The molecule has 5 heteroatoms. The van der Waals surface area contributed by atoms with Gasteiger partial charge in [0.05, 0.1) is 6.54 Å². The van der Waals surface area contributed by atoms with Gasteiger partial charge in [-0.05, 0) is 25.1 Å². The number of rotatable bonds is 5. The molecule has 0 fully saturated rings. The Morgan fingerprint density at radius 2 is 2.24 bits per heavy atom. The van der Waals surface area contributed by atoms with Crippen molar-refractivity contribution >= 4 is 17.3 Å². The van der Waals surface area contributed by atoms with Crippen molar-refractivity contribution in [3.05, 3.63) is 47.0 Å². The first-order valence-electron chi connectivity index (χ1n) is 7.52. The highest BCUT2D eigenvalue weighted by molar-refractivity contribution is 6.31. The first kappa shape index (κ1) is 14.4. The van der Waals surface area contributed by atoms with Crippen LogP contribution in [-0.2, 0) is 19.6 Å². The Kier molecular flexibility index (Phi) is 4.46. The second-order valence-corrected chi connectivity index (χ2v) is 5.78. The number of hydrogen-bond acceptors (Lipinski definition) is 3. The Morgan fingerprint density at radius 3 is 3.10 bits per heavy atom. The molecule has 21 heavy (non-hydrogen) atoms. The van der Waals surface area contributed by atoms with E-state index in [1.165, 1.54) is 11.3 Å². The quantitative estimate of drug-likeness (QED) is 0.862. The van der Waals surface area contributed by atoms with E-state index in [1.807, 2.05) is 24.5 Å². The number of benzene rings is 1. The Balaban J connectivity index is 1.83. The molecule has 1 aliphatic rings. The molecule has 0 unspecified atom stereocenters. The highest BCUT2D eigenvalue weighted by Crippen LogP contribution is 2.29. The van der Waals surface area contributed by atoms with E-state index in [1.54, 1.807) is 0 Å². The predicted octanol–water partition coefficient (Wildman–Crippen LogP) is 3.06. The zero-order valence-corrected chi connectivity index (χ0v) is 13.1. The summed E-state index contributed by atoms with van der Waals surface area (Å²) in [6, 6.07) is 6.16. The summed E-state index contributed by atoms with van der Waals surface area (Å²) >= 11 is 6.42. The van der Waals surface area contributed by atoms with Gasteiger partial charge in [0.25, 0.3) is 0 Å². The van der Waals surface area contributed by atoms with Crippen molar-refractivity contribution in [2.75, 3.05) is 18.0 Å². The summed E-state index contributed by atoms with van der Waals surface area (Å²) in [5.41, 5.74) is 2.41. The van der Waals surface area contributed by atoms with Crippen LogP contribution in [0.3, 0.4) is 0 Å². The third-order valence-electron chi connectivity index (χ3n) is 3.91.